The lowest BCUT2D eigenvalue weighted by Gasteiger charge is -2.21. The van der Waals surface area contributed by atoms with Gasteiger partial charge in [-0.15, -0.1) is 0 Å². The van der Waals surface area contributed by atoms with Crippen molar-refractivity contribution in [1.82, 2.24) is 33.8 Å². The van der Waals surface area contributed by atoms with Crippen LogP contribution >= 0.6 is 0 Å². The Morgan fingerprint density at radius 1 is 1.34 bits per heavy atom. The first kappa shape index (κ1) is 22.4. The molecule has 14 heteroatoms. The fourth-order valence-corrected chi connectivity index (χ4v) is 5.00. The number of aliphatic hydroxyl groups excluding tert-OH is 1. The van der Waals surface area contributed by atoms with Crippen molar-refractivity contribution in [3.05, 3.63) is 18.7 Å². The normalized spacial score (nSPS) is 21.7. The van der Waals surface area contributed by atoms with E-state index >= 15 is 0 Å². The highest BCUT2D eigenvalue weighted by Crippen LogP contribution is 2.27. The van der Waals surface area contributed by atoms with Gasteiger partial charge in [0.05, 0.1) is 24.5 Å². The predicted octanol–water partition coefficient (Wildman–Crippen LogP) is 0.481. The second-order valence-corrected chi connectivity index (χ2v) is 9.66. The zero-order chi connectivity index (χ0) is 23.0. The van der Waals surface area contributed by atoms with Gasteiger partial charge in [-0.2, -0.15) is 14.3 Å². The number of aliphatic hydroxyl groups is 1. The minimum absolute atomic E-state index is 0.101. The zero-order valence-electron chi connectivity index (χ0n) is 17.9. The van der Waals surface area contributed by atoms with E-state index < -0.39 is 28.3 Å². The molecule has 1 aliphatic heterocycles. The number of nitrogens with zero attached hydrogens (tertiary/aromatic N) is 6. The number of aromatic nitrogens is 6. The summed E-state index contributed by atoms with van der Waals surface area (Å²) in [6, 6.07) is -1.12. The van der Waals surface area contributed by atoms with Gasteiger partial charge in [0.2, 0.25) is 11.1 Å². The summed E-state index contributed by atoms with van der Waals surface area (Å²) in [5.41, 5.74) is 0.946. The number of nitrogens with one attached hydrogen (secondary N) is 3. The summed E-state index contributed by atoms with van der Waals surface area (Å²) in [7, 11) is -2.16. The number of aromatic amines is 1. The number of fused-ring (bicyclic) bond motifs is 1. The van der Waals surface area contributed by atoms with Gasteiger partial charge in [-0.05, 0) is 13.3 Å². The summed E-state index contributed by atoms with van der Waals surface area (Å²) in [5.74, 6) is 0.535. The molecule has 0 radical (unpaired) electrons. The number of halogens is 1. The number of imidazole rings is 2. The average Bonchev–Trinajstić information content (AvgIpc) is 3.48. The minimum Gasteiger partial charge on any atom is -0.391 e. The molecule has 2 unspecified atom stereocenters. The van der Waals surface area contributed by atoms with Crippen LogP contribution in [0.2, 0.25) is 0 Å². The fourth-order valence-electron chi connectivity index (χ4n) is 3.65. The molecular formula is C18H26FN9O3S. The van der Waals surface area contributed by atoms with Crippen molar-refractivity contribution in [2.45, 2.75) is 49.8 Å². The highest BCUT2D eigenvalue weighted by atomic mass is 32.2. The molecule has 4 heterocycles. The maximum atomic E-state index is 14.9. The van der Waals surface area contributed by atoms with Crippen molar-refractivity contribution >= 4 is 33.0 Å². The molecule has 0 spiro atoms. The molecule has 4 N–H and O–H groups in total. The molecule has 174 valence electrons. The van der Waals surface area contributed by atoms with Crippen LogP contribution in [0.3, 0.4) is 0 Å². The Hall–Kier alpha value is -2.84. The van der Waals surface area contributed by atoms with Crippen molar-refractivity contribution < 1.29 is 17.9 Å². The van der Waals surface area contributed by atoms with E-state index in [0.717, 1.165) is 4.31 Å². The van der Waals surface area contributed by atoms with Crippen LogP contribution in [0.15, 0.2) is 23.9 Å². The highest BCUT2D eigenvalue weighted by Gasteiger charge is 2.41. The topological polar surface area (TPSA) is 154 Å². The van der Waals surface area contributed by atoms with Crippen LogP contribution in [-0.2, 0) is 17.1 Å². The molecule has 1 aliphatic rings. The van der Waals surface area contributed by atoms with Crippen LogP contribution in [0.25, 0.3) is 11.2 Å². The van der Waals surface area contributed by atoms with E-state index in [9.17, 15) is 17.9 Å². The number of H-pyrrole nitrogens is 1. The maximum absolute atomic E-state index is 14.9. The van der Waals surface area contributed by atoms with Crippen molar-refractivity contribution in [2.24, 2.45) is 7.05 Å². The molecule has 3 aromatic heterocycles. The smallest absolute Gasteiger partial charge is 0.276 e. The van der Waals surface area contributed by atoms with Gasteiger partial charge >= 0.3 is 0 Å². The summed E-state index contributed by atoms with van der Waals surface area (Å²) in [6.45, 7) is 3.19. The number of anilines is 2. The molecule has 0 bridgehead atoms. The summed E-state index contributed by atoms with van der Waals surface area (Å²) in [4.78, 5) is 19.5. The van der Waals surface area contributed by atoms with Gasteiger partial charge in [0.15, 0.2) is 17.0 Å². The third-order valence-corrected chi connectivity index (χ3v) is 7.18. The lowest BCUT2D eigenvalue weighted by atomic mass is 10.1. The molecule has 1 saturated heterocycles. The van der Waals surface area contributed by atoms with Crippen molar-refractivity contribution in [3.63, 3.8) is 0 Å². The van der Waals surface area contributed by atoms with E-state index in [1.165, 1.54) is 12.4 Å². The molecule has 12 nitrogen and oxygen atoms in total. The molecular weight excluding hydrogens is 441 g/mol. The Kier molecular flexibility index (Phi) is 6.01. The van der Waals surface area contributed by atoms with Crippen LogP contribution in [0.1, 0.15) is 20.3 Å². The van der Waals surface area contributed by atoms with Gasteiger partial charge < -0.3 is 25.3 Å². The van der Waals surface area contributed by atoms with Crippen LogP contribution in [0.5, 0.6) is 0 Å². The van der Waals surface area contributed by atoms with Gasteiger partial charge in [-0.3, -0.25) is 0 Å². The minimum atomic E-state index is -3.93. The molecule has 0 amide bonds. The number of rotatable bonds is 8. The third kappa shape index (κ3) is 4.12. The van der Waals surface area contributed by atoms with Crippen molar-refractivity contribution in [3.8, 4) is 0 Å². The Labute approximate surface area is 184 Å². The number of hydrogen-bond acceptors (Lipinski definition) is 9. The van der Waals surface area contributed by atoms with E-state index in [2.05, 4.69) is 35.6 Å². The first-order chi connectivity index (χ1) is 15.2. The second kappa shape index (κ2) is 8.60. The lowest BCUT2D eigenvalue weighted by Crippen LogP contribution is -2.33. The quantitative estimate of drug-likeness (QED) is 0.370. The Morgan fingerprint density at radius 3 is 2.78 bits per heavy atom. The van der Waals surface area contributed by atoms with E-state index in [-0.39, 0.29) is 36.1 Å². The monoisotopic (exact) mass is 467 g/mol. The van der Waals surface area contributed by atoms with Gasteiger partial charge in [-0.25, -0.2) is 22.8 Å². The van der Waals surface area contributed by atoms with Crippen LogP contribution in [0.4, 0.5) is 16.2 Å². The van der Waals surface area contributed by atoms with E-state index in [4.69, 9.17) is 0 Å². The number of hydrogen-bond donors (Lipinski definition) is 4. The predicted molar refractivity (Wildman–Crippen MR) is 115 cm³/mol. The molecule has 0 saturated carbocycles. The van der Waals surface area contributed by atoms with Gasteiger partial charge in [0, 0.05) is 32.5 Å². The molecule has 0 aromatic carbocycles. The summed E-state index contributed by atoms with van der Waals surface area (Å²) < 4.78 is 43.0. The van der Waals surface area contributed by atoms with E-state index in [1.807, 2.05) is 6.92 Å². The zero-order valence-corrected chi connectivity index (χ0v) is 18.7. The number of aryl methyl sites for hydroxylation is 1. The van der Waals surface area contributed by atoms with Crippen molar-refractivity contribution in [2.75, 3.05) is 23.7 Å². The summed E-state index contributed by atoms with van der Waals surface area (Å²) >= 11 is 0. The Morgan fingerprint density at radius 2 is 2.12 bits per heavy atom. The van der Waals surface area contributed by atoms with Crippen LogP contribution in [0, 0.1) is 0 Å². The molecule has 4 atom stereocenters. The number of alkyl halides is 1. The molecule has 3 aromatic rings. The largest absolute Gasteiger partial charge is 0.391 e. The second-order valence-electron chi connectivity index (χ2n) is 7.81. The Bertz CT molecular complexity index is 1180. The summed E-state index contributed by atoms with van der Waals surface area (Å²) in [6.07, 6.45) is 2.83. The molecule has 1 fully saturated rings. The fraction of sp³-hybridized carbons (Fsp3) is 0.556. The van der Waals surface area contributed by atoms with E-state index in [0.29, 0.717) is 17.6 Å². The first-order valence-corrected chi connectivity index (χ1v) is 11.7. The van der Waals surface area contributed by atoms with Crippen molar-refractivity contribution in [1.29, 1.82) is 0 Å². The molecule has 32 heavy (non-hydrogen) atoms. The number of sulfonamides is 1. The van der Waals surface area contributed by atoms with Crippen LogP contribution in [-0.4, -0.2) is 84.8 Å². The van der Waals surface area contributed by atoms with Crippen LogP contribution < -0.4 is 10.6 Å². The van der Waals surface area contributed by atoms with Gasteiger partial charge in [-0.1, -0.05) is 6.92 Å². The Balaban J connectivity index is 1.61. The highest BCUT2D eigenvalue weighted by molar-refractivity contribution is 7.89. The third-order valence-electron chi connectivity index (χ3n) is 5.49. The lowest BCUT2D eigenvalue weighted by molar-refractivity contribution is 0.169. The van der Waals surface area contributed by atoms with Gasteiger partial charge in [0.1, 0.15) is 6.17 Å². The van der Waals surface area contributed by atoms with E-state index in [1.54, 1.807) is 24.9 Å². The SMILES string of the molecule is CC[C@H](Nc1nc(NC2CN(S(=O)(=O)c3ncc[nH]3)CC2F)c2ncn(C)c2n1)[C@@H](C)O. The summed E-state index contributed by atoms with van der Waals surface area (Å²) in [5, 5.41) is 15.8. The average molecular weight is 468 g/mol. The maximum Gasteiger partial charge on any atom is 0.276 e. The molecule has 4 rings (SSSR count). The molecule has 0 aliphatic carbocycles. The van der Waals surface area contributed by atoms with Gasteiger partial charge in [0.25, 0.3) is 10.0 Å². The standard InChI is InChI=1S/C18H26FN9O3S/c1-4-12(10(2)29)24-17-25-15(14-16(26-17)27(3)9-22-14)23-13-8-28(7-11(13)19)32(30,31)18-20-5-6-21-18/h5-6,9-13,29H,4,7-8H2,1-3H3,(H,20,21)(H2,23,24,25,26)/t10-,11?,12+,13?/m1/s1. The first-order valence-electron chi connectivity index (χ1n) is 10.2.